The second-order valence-corrected chi connectivity index (χ2v) is 3.77. The number of rotatable bonds is 3. The highest BCUT2D eigenvalue weighted by molar-refractivity contribution is 5.93. The molecule has 0 aliphatic rings. The molecule has 0 fully saturated rings. The van der Waals surface area contributed by atoms with E-state index in [1.807, 2.05) is 19.9 Å². The second kappa shape index (κ2) is 4.84. The van der Waals surface area contributed by atoms with Gasteiger partial charge in [-0.25, -0.2) is 4.79 Å². The normalized spacial score (nSPS) is 11.9. The van der Waals surface area contributed by atoms with Gasteiger partial charge in [-0.3, -0.25) is 0 Å². The van der Waals surface area contributed by atoms with Gasteiger partial charge in [0.1, 0.15) is 11.3 Å². The fourth-order valence-corrected chi connectivity index (χ4v) is 1.55. The van der Waals surface area contributed by atoms with E-state index >= 15 is 0 Å². The Balaban J connectivity index is 3.36. The number of hydrogen-bond donors (Lipinski definition) is 1. The summed E-state index contributed by atoms with van der Waals surface area (Å²) in [5.74, 6) is -0.563. The van der Waals surface area contributed by atoms with Crippen molar-refractivity contribution in [3.63, 3.8) is 0 Å². The lowest BCUT2D eigenvalue weighted by atomic mass is 9.95. The number of benzene rings is 1. The molecule has 1 N–H and O–H groups in total. The Morgan fingerprint density at radius 2 is 2.19 bits per heavy atom. The minimum absolute atomic E-state index is 0.0108. The van der Waals surface area contributed by atoms with E-state index in [1.165, 1.54) is 7.11 Å². The zero-order valence-electron chi connectivity index (χ0n) is 9.78. The standard InChI is InChI=1S/C13H16O3/c1-5-9(3)10-6-8(2)7-11(12(10)14)13(15)16-4/h5-7,9,14H,1H2,2-4H3. The molecule has 86 valence electrons. The zero-order chi connectivity index (χ0) is 12.3. The lowest BCUT2D eigenvalue weighted by molar-refractivity contribution is 0.0597. The van der Waals surface area contributed by atoms with Gasteiger partial charge < -0.3 is 9.84 Å². The van der Waals surface area contributed by atoms with Crippen LogP contribution in [0.3, 0.4) is 0 Å². The van der Waals surface area contributed by atoms with Gasteiger partial charge in [0.25, 0.3) is 0 Å². The average molecular weight is 220 g/mol. The number of phenolic OH excluding ortho intramolecular Hbond substituents is 1. The lowest BCUT2D eigenvalue weighted by Crippen LogP contribution is -2.04. The predicted molar refractivity (Wildman–Crippen MR) is 62.8 cm³/mol. The van der Waals surface area contributed by atoms with E-state index in [0.717, 1.165) is 5.56 Å². The molecule has 0 aromatic heterocycles. The van der Waals surface area contributed by atoms with Gasteiger partial charge in [0.05, 0.1) is 7.11 Å². The summed E-state index contributed by atoms with van der Waals surface area (Å²) in [6, 6.07) is 3.45. The van der Waals surface area contributed by atoms with Crippen LogP contribution in [0.25, 0.3) is 0 Å². The Morgan fingerprint density at radius 1 is 1.56 bits per heavy atom. The lowest BCUT2D eigenvalue weighted by Gasteiger charge is -2.13. The van der Waals surface area contributed by atoms with E-state index in [9.17, 15) is 9.90 Å². The number of carbonyl (C=O) groups excluding carboxylic acids is 1. The molecule has 1 aromatic carbocycles. The first-order chi connectivity index (χ1) is 7.51. The Hall–Kier alpha value is -1.77. The van der Waals surface area contributed by atoms with Crippen molar-refractivity contribution in [1.82, 2.24) is 0 Å². The van der Waals surface area contributed by atoms with Crippen molar-refractivity contribution in [2.45, 2.75) is 19.8 Å². The Labute approximate surface area is 95.4 Å². The van der Waals surface area contributed by atoms with Crippen LogP contribution in [0.2, 0.25) is 0 Å². The Bertz CT molecular complexity index is 421. The molecule has 0 amide bonds. The molecule has 0 aliphatic carbocycles. The van der Waals surface area contributed by atoms with Crippen LogP contribution in [0.15, 0.2) is 24.8 Å². The molecule has 0 saturated carbocycles. The summed E-state index contributed by atoms with van der Waals surface area (Å²) in [6.07, 6.45) is 1.72. The van der Waals surface area contributed by atoms with Crippen LogP contribution < -0.4 is 0 Å². The molecule has 1 unspecified atom stereocenters. The van der Waals surface area contributed by atoms with Crippen molar-refractivity contribution < 1.29 is 14.6 Å². The first-order valence-electron chi connectivity index (χ1n) is 5.05. The monoisotopic (exact) mass is 220 g/mol. The topological polar surface area (TPSA) is 46.5 Å². The van der Waals surface area contributed by atoms with Crippen molar-refractivity contribution in [2.24, 2.45) is 0 Å². The maximum absolute atomic E-state index is 11.4. The molecule has 0 saturated heterocycles. The third kappa shape index (κ3) is 2.24. The van der Waals surface area contributed by atoms with Crippen molar-refractivity contribution >= 4 is 5.97 Å². The predicted octanol–water partition coefficient (Wildman–Crippen LogP) is 2.78. The maximum Gasteiger partial charge on any atom is 0.341 e. The summed E-state index contributed by atoms with van der Waals surface area (Å²) < 4.78 is 4.62. The van der Waals surface area contributed by atoms with Crippen LogP contribution >= 0.6 is 0 Å². The number of carbonyl (C=O) groups is 1. The molecule has 1 atom stereocenters. The Morgan fingerprint density at radius 3 is 2.69 bits per heavy atom. The van der Waals surface area contributed by atoms with Crippen molar-refractivity contribution in [2.75, 3.05) is 7.11 Å². The molecule has 3 heteroatoms. The highest BCUT2D eigenvalue weighted by atomic mass is 16.5. The summed E-state index contributed by atoms with van der Waals surface area (Å²) in [7, 11) is 1.29. The largest absolute Gasteiger partial charge is 0.507 e. The van der Waals surface area contributed by atoms with E-state index in [1.54, 1.807) is 12.1 Å². The van der Waals surface area contributed by atoms with Gasteiger partial charge in [-0.15, -0.1) is 6.58 Å². The van der Waals surface area contributed by atoms with Crippen LogP contribution in [0.4, 0.5) is 0 Å². The van der Waals surface area contributed by atoms with Gasteiger partial charge in [-0.1, -0.05) is 19.1 Å². The van der Waals surface area contributed by atoms with E-state index < -0.39 is 5.97 Å². The summed E-state index contributed by atoms with van der Waals surface area (Å²) in [4.78, 5) is 11.4. The van der Waals surface area contributed by atoms with Gasteiger partial charge in [0.2, 0.25) is 0 Å². The number of allylic oxidation sites excluding steroid dienone is 1. The number of esters is 1. The molecule has 0 spiro atoms. The molecule has 3 nitrogen and oxygen atoms in total. The average Bonchev–Trinajstić information content (AvgIpc) is 2.29. The highest BCUT2D eigenvalue weighted by Crippen LogP contribution is 2.31. The first-order valence-corrected chi connectivity index (χ1v) is 5.05. The van der Waals surface area contributed by atoms with E-state index in [2.05, 4.69) is 11.3 Å². The summed E-state index contributed by atoms with van der Waals surface area (Å²) >= 11 is 0. The van der Waals surface area contributed by atoms with Gasteiger partial charge >= 0.3 is 5.97 Å². The summed E-state index contributed by atoms with van der Waals surface area (Å²) in [6.45, 7) is 7.45. The third-order valence-electron chi connectivity index (χ3n) is 2.53. The molecule has 16 heavy (non-hydrogen) atoms. The zero-order valence-corrected chi connectivity index (χ0v) is 9.78. The Kier molecular flexibility index (Phi) is 3.72. The van der Waals surface area contributed by atoms with Gasteiger partial charge in [-0.2, -0.15) is 0 Å². The maximum atomic E-state index is 11.4. The first kappa shape index (κ1) is 12.3. The summed E-state index contributed by atoms with van der Waals surface area (Å²) in [5.41, 5.74) is 1.79. The quantitative estimate of drug-likeness (QED) is 0.629. The SMILES string of the molecule is C=CC(C)c1cc(C)cc(C(=O)OC)c1O. The van der Waals surface area contributed by atoms with Gasteiger partial charge in [0.15, 0.2) is 0 Å². The van der Waals surface area contributed by atoms with Gasteiger partial charge in [0, 0.05) is 11.5 Å². The van der Waals surface area contributed by atoms with E-state index in [0.29, 0.717) is 5.56 Å². The number of phenols is 1. The fraction of sp³-hybridized carbons (Fsp3) is 0.308. The van der Waals surface area contributed by atoms with E-state index in [-0.39, 0.29) is 17.2 Å². The van der Waals surface area contributed by atoms with Crippen LogP contribution in [-0.4, -0.2) is 18.2 Å². The smallest absolute Gasteiger partial charge is 0.341 e. The molecule has 0 aliphatic heterocycles. The van der Waals surface area contributed by atoms with Crippen LogP contribution in [-0.2, 0) is 4.74 Å². The molecule has 0 heterocycles. The van der Waals surface area contributed by atoms with Crippen molar-refractivity contribution in [3.05, 3.63) is 41.5 Å². The second-order valence-electron chi connectivity index (χ2n) is 3.77. The number of aromatic hydroxyl groups is 1. The minimum Gasteiger partial charge on any atom is -0.507 e. The van der Waals surface area contributed by atoms with Crippen LogP contribution in [0.5, 0.6) is 5.75 Å². The number of ether oxygens (including phenoxy) is 1. The van der Waals surface area contributed by atoms with Crippen molar-refractivity contribution in [3.8, 4) is 5.75 Å². The number of aryl methyl sites for hydroxylation is 1. The van der Waals surface area contributed by atoms with Gasteiger partial charge in [-0.05, 0) is 18.6 Å². The highest BCUT2D eigenvalue weighted by Gasteiger charge is 2.17. The summed E-state index contributed by atoms with van der Waals surface area (Å²) in [5, 5.41) is 9.97. The van der Waals surface area contributed by atoms with E-state index in [4.69, 9.17) is 0 Å². The molecule has 0 bridgehead atoms. The van der Waals surface area contributed by atoms with Crippen LogP contribution in [0, 0.1) is 6.92 Å². The third-order valence-corrected chi connectivity index (χ3v) is 2.53. The molecule has 1 aromatic rings. The molecule has 0 radical (unpaired) electrons. The van der Waals surface area contributed by atoms with Crippen LogP contribution in [0.1, 0.15) is 34.3 Å². The number of hydrogen-bond acceptors (Lipinski definition) is 3. The number of methoxy groups -OCH3 is 1. The van der Waals surface area contributed by atoms with Crippen molar-refractivity contribution in [1.29, 1.82) is 0 Å². The minimum atomic E-state index is -0.529. The fourth-order valence-electron chi connectivity index (χ4n) is 1.55. The molecule has 1 rings (SSSR count). The molecular weight excluding hydrogens is 204 g/mol. The molecular formula is C13H16O3.